The summed E-state index contributed by atoms with van der Waals surface area (Å²) in [6, 6.07) is 12.3. The molecule has 0 aliphatic heterocycles. The molecule has 2 aromatic carbocycles. The molecular formula is C21H26FN3O2. The Morgan fingerprint density at radius 2 is 1.63 bits per heavy atom. The van der Waals surface area contributed by atoms with Crippen molar-refractivity contribution in [2.45, 2.75) is 39.8 Å². The molecule has 6 heteroatoms. The Balaban J connectivity index is 2.12. The summed E-state index contributed by atoms with van der Waals surface area (Å²) < 4.78 is 13.2. The third-order valence-corrected chi connectivity index (χ3v) is 4.08. The largest absolute Gasteiger partial charge is 0.352 e. The number of nitrogens with one attached hydrogen (secondary N) is 2. The molecule has 2 aromatic rings. The molecule has 144 valence electrons. The van der Waals surface area contributed by atoms with Crippen LogP contribution in [0.3, 0.4) is 0 Å². The number of hydrogen-bond acceptors (Lipinski definition) is 2. The van der Waals surface area contributed by atoms with Crippen molar-refractivity contribution in [3.05, 3.63) is 71.0 Å². The highest BCUT2D eigenvalue weighted by Crippen LogP contribution is 2.29. The zero-order valence-corrected chi connectivity index (χ0v) is 15.9. The lowest BCUT2D eigenvalue weighted by Crippen LogP contribution is -2.31. The first-order chi connectivity index (χ1) is 12.6. The van der Waals surface area contributed by atoms with Crippen LogP contribution in [0.4, 0.5) is 9.18 Å². The first kappa shape index (κ1) is 20.4. The van der Waals surface area contributed by atoms with Gasteiger partial charge >= 0.3 is 6.03 Å². The summed E-state index contributed by atoms with van der Waals surface area (Å²) in [5.74, 6) is -0.511. The lowest BCUT2D eigenvalue weighted by Gasteiger charge is -2.27. The van der Waals surface area contributed by atoms with E-state index >= 15 is 0 Å². The van der Waals surface area contributed by atoms with E-state index in [0.717, 1.165) is 11.1 Å². The second kappa shape index (κ2) is 8.66. The van der Waals surface area contributed by atoms with Crippen molar-refractivity contribution in [3.8, 4) is 0 Å². The average molecular weight is 371 g/mol. The topological polar surface area (TPSA) is 84.2 Å². The first-order valence-electron chi connectivity index (χ1n) is 8.82. The Kier molecular flexibility index (Phi) is 6.55. The van der Waals surface area contributed by atoms with Crippen LogP contribution in [-0.4, -0.2) is 11.9 Å². The predicted molar refractivity (Wildman–Crippen MR) is 104 cm³/mol. The van der Waals surface area contributed by atoms with Crippen LogP contribution in [0.2, 0.25) is 0 Å². The molecule has 0 radical (unpaired) electrons. The minimum Gasteiger partial charge on any atom is -0.352 e. The standard InChI is InChI=1S/C21H26FN3O2/c1-21(2,3)12-18(15-8-10-17(22)11-9-15)25-19(26)16-6-4-14(5-7-16)13-24-20(23)27/h4-11,18H,12-13H2,1-3H3,(H,25,26)(H3,23,24,27). The van der Waals surface area contributed by atoms with Gasteiger partial charge in [0.2, 0.25) is 0 Å². The second-order valence-electron chi connectivity index (χ2n) is 7.76. The minimum atomic E-state index is -0.596. The molecular weight excluding hydrogens is 345 g/mol. The normalized spacial score (nSPS) is 12.3. The predicted octanol–water partition coefficient (Wildman–Crippen LogP) is 3.90. The summed E-state index contributed by atoms with van der Waals surface area (Å²) in [5, 5.41) is 5.55. The van der Waals surface area contributed by atoms with Crippen LogP contribution < -0.4 is 16.4 Å². The number of halogens is 1. The molecule has 0 aromatic heterocycles. The lowest BCUT2D eigenvalue weighted by atomic mass is 9.85. The molecule has 27 heavy (non-hydrogen) atoms. The van der Waals surface area contributed by atoms with Gasteiger partial charge in [0.25, 0.3) is 5.91 Å². The highest BCUT2D eigenvalue weighted by molar-refractivity contribution is 5.94. The van der Waals surface area contributed by atoms with Crippen molar-refractivity contribution in [1.82, 2.24) is 10.6 Å². The maximum atomic E-state index is 13.2. The van der Waals surface area contributed by atoms with Crippen molar-refractivity contribution in [2.24, 2.45) is 11.1 Å². The smallest absolute Gasteiger partial charge is 0.312 e. The van der Waals surface area contributed by atoms with Gasteiger partial charge in [-0.3, -0.25) is 4.79 Å². The summed E-state index contributed by atoms with van der Waals surface area (Å²) >= 11 is 0. The molecule has 0 saturated carbocycles. The van der Waals surface area contributed by atoms with Gasteiger partial charge in [0, 0.05) is 12.1 Å². The van der Waals surface area contributed by atoms with Crippen molar-refractivity contribution >= 4 is 11.9 Å². The minimum absolute atomic E-state index is 0.0172. The fraction of sp³-hybridized carbons (Fsp3) is 0.333. The van der Waals surface area contributed by atoms with Gasteiger partial charge in [-0.25, -0.2) is 9.18 Å². The quantitative estimate of drug-likeness (QED) is 0.719. The number of amides is 3. The molecule has 0 aliphatic rings. The van der Waals surface area contributed by atoms with Crippen LogP contribution in [0.1, 0.15) is 54.7 Å². The Morgan fingerprint density at radius 1 is 1.04 bits per heavy atom. The van der Waals surface area contributed by atoms with Crippen LogP contribution in [0, 0.1) is 11.2 Å². The molecule has 5 nitrogen and oxygen atoms in total. The van der Waals surface area contributed by atoms with E-state index in [4.69, 9.17) is 5.73 Å². The summed E-state index contributed by atoms with van der Waals surface area (Å²) in [4.78, 5) is 23.4. The number of urea groups is 1. The van der Waals surface area contributed by atoms with Crippen molar-refractivity contribution in [2.75, 3.05) is 0 Å². The van der Waals surface area contributed by atoms with E-state index < -0.39 is 6.03 Å². The monoisotopic (exact) mass is 371 g/mol. The van der Waals surface area contributed by atoms with E-state index in [0.29, 0.717) is 18.5 Å². The average Bonchev–Trinajstić information content (AvgIpc) is 2.59. The van der Waals surface area contributed by atoms with Gasteiger partial charge in [0.1, 0.15) is 5.82 Å². The van der Waals surface area contributed by atoms with E-state index in [1.54, 1.807) is 36.4 Å². The number of nitrogens with two attached hydrogens (primary N) is 1. The van der Waals surface area contributed by atoms with E-state index in [1.807, 2.05) is 0 Å². The molecule has 1 atom stereocenters. The molecule has 0 aliphatic carbocycles. The number of rotatable bonds is 6. The van der Waals surface area contributed by atoms with Gasteiger partial charge in [0.05, 0.1) is 6.04 Å². The van der Waals surface area contributed by atoms with E-state index in [9.17, 15) is 14.0 Å². The van der Waals surface area contributed by atoms with Crippen molar-refractivity contribution in [3.63, 3.8) is 0 Å². The Morgan fingerprint density at radius 3 is 2.15 bits per heavy atom. The number of benzene rings is 2. The van der Waals surface area contributed by atoms with Gasteiger partial charge in [-0.05, 0) is 47.2 Å². The molecule has 1 unspecified atom stereocenters. The molecule has 0 bridgehead atoms. The highest BCUT2D eigenvalue weighted by atomic mass is 19.1. The fourth-order valence-corrected chi connectivity index (χ4v) is 2.76. The third-order valence-electron chi connectivity index (χ3n) is 4.08. The van der Waals surface area contributed by atoms with Crippen molar-refractivity contribution < 1.29 is 14.0 Å². The van der Waals surface area contributed by atoms with Crippen LogP contribution in [0.25, 0.3) is 0 Å². The molecule has 4 N–H and O–H groups in total. The zero-order chi connectivity index (χ0) is 20.0. The summed E-state index contributed by atoms with van der Waals surface area (Å²) in [6.45, 7) is 6.59. The number of primary amides is 1. The maximum absolute atomic E-state index is 13.2. The van der Waals surface area contributed by atoms with Crippen LogP contribution in [0.5, 0.6) is 0 Å². The van der Waals surface area contributed by atoms with E-state index in [1.165, 1.54) is 12.1 Å². The van der Waals surface area contributed by atoms with E-state index in [-0.39, 0.29) is 23.2 Å². The summed E-state index contributed by atoms with van der Waals surface area (Å²) in [5.41, 5.74) is 7.25. The van der Waals surface area contributed by atoms with Gasteiger partial charge in [-0.1, -0.05) is 45.0 Å². The van der Waals surface area contributed by atoms with E-state index in [2.05, 4.69) is 31.4 Å². The van der Waals surface area contributed by atoms with Gasteiger partial charge in [-0.2, -0.15) is 0 Å². The van der Waals surface area contributed by atoms with Crippen LogP contribution in [0.15, 0.2) is 48.5 Å². The second-order valence-corrected chi connectivity index (χ2v) is 7.76. The molecule has 2 rings (SSSR count). The maximum Gasteiger partial charge on any atom is 0.312 e. The molecule has 0 spiro atoms. The van der Waals surface area contributed by atoms with Crippen molar-refractivity contribution in [1.29, 1.82) is 0 Å². The SMILES string of the molecule is CC(C)(C)CC(NC(=O)c1ccc(CNC(N)=O)cc1)c1ccc(F)cc1. The molecule has 0 heterocycles. The lowest BCUT2D eigenvalue weighted by molar-refractivity contribution is 0.0926. The Bertz CT molecular complexity index is 781. The van der Waals surface area contributed by atoms with Gasteiger partial charge in [0.15, 0.2) is 0 Å². The fourth-order valence-electron chi connectivity index (χ4n) is 2.76. The molecule has 3 amide bonds. The Labute approximate surface area is 159 Å². The highest BCUT2D eigenvalue weighted by Gasteiger charge is 2.22. The zero-order valence-electron chi connectivity index (χ0n) is 15.9. The van der Waals surface area contributed by atoms with Gasteiger partial charge < -0.3 is 16.4 Å². The summed E-state index contributed by atoms with van der Waals surface area (Å²) in [7, 11) is 0. The van der Waals surface area contributed by atoms with Gasteiger partial charge in [-0.15, -0.1) is 0 Å². The first-order valence-corrected chi connectivity index (χ1v) is 8.82. The third kappa shape index (κ3) is 6.73. The molecule has 0 fully saturated rings. The number of carbonyl (C=O) groups is 2. The summed E-state index contributed by atoms with van der Waals surface area (Å²) in [6.07, 6.45) is 0.713. The van der Waals surface area contributed by atoms with Crippen LogP contribution in [-0.2, 0) is 6.54 Å². The number of carbonyl (C=O) groups excluding carboxylic acids is 2. The van der Waals surface area contributed by atoms with Crippen LogP contribution >= 0.6 is 0 Å². The molecule has 0 saturated heterocycles. The Hall–Kier alpha value is -2.89. The number of hydrogen-bond donors (Lipinski definition) is 3.